The largest absolute Gasteiger partial charge is 0.478 e. The number of carboxylic acids is 1. The summed E-state index contributed by atoms with van der Waals surface area (Å²) in [5.74, 6) is -0.818. The first kappa shape index (κ1) is 16.3. The van der Waals surface area contributed by atoms with Crippen molar-refractivity contribution in [3.63, 3.8) is 0 Å². The summed E-state index contributed by atoms with van der Waals surface area (Å²) in [4.78, 5) is 22.5. The standard InChI is InChI=1S/C20H18N2O4/c1-11-8-9-16(20(23)24)17-14-6-3-7-15(14)19(21-18(11)17)12-4-2-5-13(10-12)22(25)26/h2-6,8-10,14-15,19,21H,7H2,1H3,(H,23,24)/t14-,15-,19-/m1/s1. The van der Waals surface area contributed by atoms with Gasteiger partial charge in [0.25, 0.3) is 5.69 Å². The van der Waals surface area contributed by atoms with Crippen LogP contribution in [-0.2, 0) is 0 Å². The van der Waals surface area contributed by atoms with Gasteiger partial charge in [0.2, 0.25) is 0 Å². The Kier molecular flexibility index (Phi) is 3.76. The predicted molar refractivity (Wildman–Crippen MR) is 97.6 cm³/mol. The van der Waals surface area contributed by atoms with Gasteiger partial charge in [0.05, 0.1) is 16.5 Å². The molecule has 0 bridgehead atoms. The number of nitrogens with zero attached hydrogens (tertiary/aromatic N) is 1. The number of rotatable bonds is 3. The third kappa shape index (κ3) is 2.45. The summed E-state index contributed by atoms with van der Waals surface area (Å²) in [5.41, 5.74) is 3.85. The maximum atomic E-state index is 11.7. The number of carboxylic acid groups (broad SMARTS) is 1. The number of hydrogen-bond donors (Lipinski definition) is 2. The van der Waals surface area contributed by atoms with Crippen molar-refractivity contribution < 1.29 is 14.8 Å². The SMILES string of the molecule is Cc1ccc(C(=O)O)c2c1N[C@H](c1cccc([N+](=O)[O-])c1)[C@@H]1CC=C[C@@H]21. The summed E-state index contributed by atoms with van der Waals surface area (Å²) in [6.07, 6.45) is 4.95. The van der Waals surface area contributed by atoms with Gasteiger partial charge in [0, 0.05) is 23.7 Å². The molecule has 0 spiro atoms. The molecule has 2 aromatic rings. The highest BCUT2D eigenvalue weighted by Crippen LogP contribution is 2.51. The predicted octanol–water partition coefficient (Wildman–Crippen LogP) is 4.43. The zero-order valence-corrected chi connectivity index (χ0v) is 14.2. The van der Waals surface area contributed by atoms with Gasteiger partial charge in [-0.2, -0.15) is 0 Å². The lowest BCUT2D eigenvalue weighted by Crippen LogP contribution is -2.31. The van der Waals surface area contributed by atoms with Crippen LogP contribution in [0.25, 0.3) is 0 Å². The van der Waals surface area contributed by atoms with Crippen LogP contribution in [0, 0.1) is 23.0 Å². The smallest absolute Gasteiger partial charge is 0.336 e. The molecule has 6 nitrogen and oxygen atoms in total. The number of nitrogens with one attached hydrogen (secondary N) is 1. The van der Waals surface area contributed by atoms with Crippen molar-refractivity contribution in [1.82, 2.24) is 0 Å². The van der Waals surface area contributed by atoms with E-state index in [-0.39, 0.29) is 23.6 Å². The van der Waals surface area contributed by atoms with E-state index < -0.39 is 10.9 Å². The minimum absolute atomic E-state index is 0.0125. The zero-order valence-electron chi connectivity index (χ0n) is 14.2. The van der Waals surface area contributed by atoms with Gasteiger partial charge < -0.3 is 10.4 Å². The summed E-state index contributed by atoms with van der Waals surface area (Å²) < 4.78 is 0. The molecule has 2 N–H and O–H groups in total. The number of carbonyl (C=O) groups is 1. The zero-order chi connectivity index (χ0) is 18.4. The van der Waals surface area contributed by atoms with Crippen molar-refractivity contribution in [2.45, 2.75) is 25.3 Å². The van der Waals surface area contributed by atoms with E-state index in [2.05, 4.69) is 17.5 Å². The Balaban J connectivity index is 1.85. The number of fused-ring (bicyclic) bond motifs is 3. The molecule has 0 radical (unpaired) electrons. The average Bonchev–Trinajstić information content (AvgIpc) is 3.11. The Morgan fingerprint density at radius 1 is 1.31 bits per heavy atom. The van der Waals surface area contributed by atoms with Gasteiger partial charge in [-0.3, -0.25) is 10.1 Å². The first-order chi connectivity index (χ1) is 12.5. The molecule has 3 atom stereocenters. The molecule has 6 heteroatoms. The van der Waals surface area contributed by atoms with E-state index in [1.165, 1.54) is 6.07 Å². The third-order valence-electron chi connectivity index (χ3n) is 5.40. The number of nitro benzene ring substituents is 1. The van der Waals surface area contributed by atoms with Crippen molar-refractivity contribution in [1.29, 1.82) is 0 Å². The molecule has 1 aliphatic heterocycles. The Morgan fingerprint density at radius 2 is 2.12 bits per heavy atom. The monoisotopic (exact) mass is 350 g/mol. The topological polar surface area (TPSA) is 92.5 Å². The highest BCUT2D eigenvalue weighted by atomic mass is 16.6. The molecule has 0 unspecified atom stereocenters. The first-order valence-electron chi connectivity index (χ1n) is 8.51. The van der Waals surface area contributed by atoms with E-state index >= 15 is 0 Å². The molecule has 1 aliphatic carbocycles. The van der Waals surface area contributed by atoms with Crippen LogP contribution in [0.3, 0.4) is 0 Å². The molecule has 26 heavy (non-hydrogen) atoms. The van der Waals surface area contributed by atoms with E-state index in [1.807, 2.05) is 13.0 Å². The second kappa shape index (κ2) is 5.98. The number of hydrogen-bond acceptors (Lipinski definition) is 4. The third-order valence-corrected chi connectivity index (χ3v) is 5.40. The molecule has 0 aromatic heterocycles. The second-order valence-electron chi connectivity index (χ2n) is 6.85. The minimum atomic E-state index is -0.934. The summed E-state index contributed by atoms with van der Waals surface area (Å²) >= 11 is 0. The maximum absolute atomic E-state index is 11.7. The second-order valence-corrected chi connectivity index (χ2v) is 6.85. The lowest BCUT2D eigenvalue weighted by molar-refractivity contribution is -0.384. The lowest BCUT2D eigenvalue weighted by Gasteiger charge is -2.39. The highest BCUT2D eigenvalue weighted by Gasteiger charge is 2.40. The fourth-order valence-electron chi connectivity index (χ4n) is 4.20. The van der Waals surface area contributed by atoms with Crippen molar-refractivity contribution in [2.75, 3.05) is 5.32 Å². The molecule has 132 valence electrons. The number of anilines is 1. The summed E-state index contributed by atoms with van der Waals surface area (Å²) in [5, 5.41) is 24.2. The van der Waals surface area contributed by atoms with E-state index in [0.29, 0.717) is 5.56 Å². The van der Waals surface area contributed by atoms with Gasteiger partial charge >= 0.3 is 5.97 Å². The van der Waals surface area contributed by atoms with Crippen LogP contribution in [0.4, 0.5) is 11.4 Å². The van der Waals surface area contributed by atoms with Gasteiger partial charge in [-0.15, -0.1) is 0 Å². The van der Waals surface area contributed by atoms with E-state index in [9.17, 15) is 20.0 Å². The molecule has 0 saturated heterocycles. The van der Waals surface area contributed by atoms with Gasteiger partial charge in [0.15, 0.2) is 0 Å². The van der Waals surface area contributed by atoms with E-state index in [1.54, 1.807) is 24.3 Å². The van der Waals surface area contributed by atoms with Gasteiger partial charge in [-0.1, -0.05) is 30.4 Å². The molecule has 1 heterocycles. The normalized spacial score (nSPS) is 23.0. The van der Waals surface area contributed by atoms with Gasteiger partial charge in [-0.05, 0) is 42.0 Å². The quantitative estimate of drug-likeness (QED) is 0.485. The molecule has 2 aliphatic rings. The number of non-ortho nitro benzene ring substituents is 1. The summed E-state index contributed by atoms with van der Waals surface area (Å²) in [6.45, 7) is 1.95. The number of nitro groups is 1. The van der Waals surface area contributed by atoms with Crippen LogP contribution in [0.5, 0.6) is 0 Å². The summed E-state index contributed by atoms with van der Waals surface area (Å²) in [6, 6.07) is 10.0. The summed E-state index contributed by atoms with van der Waals surface area (Å²) in [7, 11) is 0. The first-order valence-corrected chi connectivity index (χ1v) is 8.51. The van der Waals surface area contributed by atoms with Crippen LogP contribution in [0.15, 0.2) is 48.6 Å². The number of allylic oxidation sites excluding steroid dienone is 2. The van der Waals surface area contributed by atoms with Crippen molar-refractivity contribution >= 4 is 17.3 Å². The van der Waals surface area contributed by atoms with E-state index in [4.69, 9.17) is 0 Å². The highest BCUT2D eigenvalue weighted by molar-refractivity contribution is 5.93. The van der Waals surface area contributed by atoms with Crippen LogP contribution in [-0.4, -0.2) is 16.0 Å². The average molecular weight is 350 g/mol. The molecule has 4 rings (SSSR count). The van der Waals surface area contributed by atoms with Crippen LogP contribution in [0.2, 0.25) is 0 Å². The Labute approximate surface area is 150 Å². The fraction of sp³-hybridized carbons (Fsp3) is 0.250. The molecule has 0 fully saturated rings. The lowest BCUT2D eigenvalue weighted by atomic mass is 9.74. The van der Waals surface area contributed by atoms with E-state index in [0.717, 1.165) is 28.8 Å². The van der Waals surface area contributed by atoms with Crippen molar-refractivity contribution in [2.24, 2.45) is 5.92 Å². The van der Waals surface area contributed by atoms with Crippen molar-refractivity contribution in [3.05, 3.63) is 80.9 Å². The molecule has 0 saturated carbocycles. The Morgan fingerprint density at radius 3 is 2.85 bits per heavy atom. The molecular weight excluding hydrogens is 332 g/mol. The van der Waals surface area contributed by atoms with Crippen LogP contribution in [0.1, 0.15) is 45.4 Å². The molecule has 2 aromatic carbocycles. The number of aryl methyl sites for hydroxylation is 1. The molecule has 0 amide bonds. The van der Waals surface area contributed by atoms with Crippen LogP contribution >= 0.6 is 0 Å². The Bertz CT molecular complexity index is 951. The van der Waals surface area contributed by atoms with Crippen LogP contribution < -0.4 is 5.32 Å². The maximum Gasteiger partial charge on any atom is 0.336 e. The number of aromatic carboxylic acids is 1. The van der Waals surface area contributed by atoms with Gasteiger partial charge in [0.1, 0.15) is 0 Å². The minimum Gasteiger partial charge on any atom is -0.478 e. The fourth-order valence-corrected chi connectivity index (χ4v) is 4.20. The molecular formula is C20H18N2O4. The van der Waals surface area contributed by atoms with Crippen molar-refractivity contribution in [3.8, 4) is 0 Å². The van der Waals surface area contributed by atoms with Gasteiger partial charge in [-0.25, -0.2) is 4.79 Å². The number of benzene rings is 2. The Hall–Kier alpha value is -3.15.